The van der Waals surface area contributed by atoms with Gasteiger partial charge in [-0.1, -0.05) is 19.9 Å². The predicted octanol–water partition coefficient (Wildman–Crippen LogP) is 3.63. The molecule has 2 aromatic carbocycles. The Bertz CT molecular complexity index is 1550. The number of nitrogens with zero attached hydrogens (tertiary/aromatic N) is 3. The number of aromatic nitrogens is 2. The number of ether oxygens (including phenoxy) is 3. The SMILES string of the molecule is COc1ccc2cc1Oc1cccc(OC)c1CNC(=O)[C@@H](C(C)C)NC(=O)CN(Cc1c(C)nn(C)c1C)CCCCNC2=O. The van der Waals surface area contributed by atoms with Gasteiger partial charge in [0, 0.05) is 37.0 Å². The van der Waals surface area contributed by atoms with Gasteiger partial charge in [-0.05, 0) is 69.5 Å². The van der Waals surface area contributed by atoms with Gasteiger partial charge in [0.05, 0.1) is 38.6 Å². The molecule has 12 nitrogen and oxygen atoms in total. The van der Waals surface area contributed by atoms with Gasteiger partial charge in [-0.3, -0.25) is 24.0 Å². The number of hydrogen-bond acceptors (Lipinski definition) is 8. The van der Waals surface area contributed by atoms with Crippen LogP contribution in [-0.2, 0) is 29.7 Å². The smallest absolute Gasteiger partial charge is 0.251 e. The number of rotatable bonds is 5. The van der Waals surface area contributed by atoms with Crippen molar-refractivity contribution in [3.8, 4) is 23.0 Å². The minimum Gasteiger partial charge on any atom is -0.496 e. The Morgan fingerprint density at radius 1 is 1.00 bits per heavy atom. The van der Waals surface area contributed by atoms with Crippen molar-refractivity contribution < 1.29 is 28.6 Å². The van der Waals surface area contributed by atoms with Crippen LogP contribution in [0.25, 0.3) is 0 Å². The summed E-state index contributed by atoms with van der Waals surface area (Å²) in [7, 11) is 4.97. The van der Waals surface area contributed by atoms with E-state index in [1.165, 1.54) is 14.2 Å². The van der Waals surface area contributed by atoms with Crippen LogP contribution < -0.4 is 30.2 Å². The quantitative estimate of drug-likeness (QED) is 0.387. The first-order chi connectivity index (χ1) is 22.0. The van der Waals surface area contributed by atoms with Crippen molar-refractivity contribution in [1.82, 2.24) is 30.6 Å². The molecule has 248 valence electrons. The molecule has 0 saturated carbocycles. The van der Waals surface area contributed by atoms with Crippen molar-refractivity contribution >= 4 is 17.7 Å². The van der Waals surface area contributed by atoms with Crippen LogP contribution in [0.2, 0.25) is 0 Å². The lowest BCUT2D eigenvalue weighted by Crippen LogP contribution is -2.51. The number of benzene rings is 2. The third-order valence-corrected chi connectivity index (χ3v) is 8.26. The Morgan fingerprint density at radius 2 is 1.76 bits per heavy atom. The second-order valence-corrected chi connectivity index (χ2v) is 11.9. The molecule has 0 saturated heterocycles. The third-order valence-electron chi connectivity index (χ3n) is 8.26. The molecule has 46 heavy (non-hydrogen) atoms. The average molecular weight is 635 g/mol. The summed E-state index contributed by atoms with van der Waals surface area (Å²) in [5.41, 5.74) is 4.03. The lowest BCUT2D eigenvalue weighted by Gasteiger charge is -2.26. The highest BCUT2D eigenvalue weighted by molar-refractivity contribution is 5.95. The fraction of sp³-hybridized carbons (Fsp3) is 0.471. The first-order valence-electron chi connectivity index (χ1n) is 15.6. The van der Waals surface area contributed by atoms with Gasteiger partial charge < -0.3 is 30.2 Å². The highest BCUT2D eigenvalue weighted by Crippen LogP contribution is 2.37. The molecule has 1 aliphatic rings. The van der Waals surface area contributed by atoms with Crippen molar-refractivity contribution in [3.05, 3.63) is 64.5 Å². The number of amides is 3. The molecule has 1 aliphatic heterocycles. The van der Waals surface area contributed by atoms with E-state index in [0.29, 0.717) is 60.2 Å². The van der Waals surface area contributed by atoms with Gasteiger partial charge in [0.25, 0.3) is 5.91 Å². The van der Waals surface area contributed by atoms with Crippen LogP contribution in [-0.4, -0.2) is 72.3 Å². The highest BCUT2D eigenvalue weighted by Gasteiger charge is 2.26. The van der Waals surface area contributed by atoms with Gasteiger partial charge in [0.15, 0.2) is 11.5 Å². The lowest BCUT2D eigenvalue weighted by atomic mass is 10.0. The molecule has 4 rings (SSSR count). The molecule has 0 fully saturated rings. The molecule has 2 bridgehead atoms. The van der Waals surface area contributed by atoms with Crippen LogP contribution >= 0.6 is 0 Å². The predicted molar refractivity (Wildman–Crippen MR) is 174 cm³/mol. The largest absolute Gasteiger partial charge is 0.496 e. The number of methoxy groups -OCH3 is 2. The molecule has 12 heteroatoms. The monoisotopic (exact) mass is 634 g/mol. The molecule has 3 N–H and O–H groups in total. The molecular formula is C34H46N6O6. The number of aryl methyl sites for hydroxylation is 2. The zero-order valence-electron chi connectivity index (χ0n) is 27.9. The van der Waals surface area contributed by atoms with Crippen LogP contribution in [0.3, 0.4) is 0 Å². The Hall–Kier alpha value is -4.58. The lowest BCUT2D eigenvalue weighted by molar-refractivity contribution is -0.130. The zero-order valence-corrected chi connectivity index (χ0v) is 27.9. The third kappa shape index (κ3) is 8.36. The average Bonchev–Trinajstić information content (AvgIpc) is 3.27. The number of nitrogens with one attached hydrogen (secondary N) is 3. The fourth-order valence-corrected chi connectivity index (χ4v) is 5.51. The number of carbonyl (C=O) groups excluding carboxylic acids is 3. The van der Waals surface area contributed by atoms with E-state index in [1.807, 2.05) is 39.4 Å². The van der Waals surface area contributed by atoms with E-state index >= 15 is 0 Å². The second-order valence-electron chi connectivity index (χ2n) is 11.9. The molecule has 3 amide bonds. The zero-order chi connectivity index (χ0) is 33.4. The summed E-state index contributed by atoms with van der Waals surface area (Å²) >= 11 is 0. The van der Waals surface area contributed by atoms with Crippen molar-refractivity contribution in [2.45, 2.75) is 59.7 Å². The maximum absolute atomic E-state index is 13.5. The molecule has 0 spiro atoms. The summed E-state index contributed by atoms with van der Waals surface area (Å²) in [5.74, 6) is 0.743. The van der Waals surface area contributed by atoms with Gasteiger partial charge in [-0.15, -0.1) is 0 Å². The maximum Gasteiger partial charge on any atom is 0.251 e. The van der Waals surface area contributed by atoms with E-state index in [-0.39, 0.29) is 36.7 Å². The normalized spacial score (nSPS) is 17.3. The first-order valence-corrected chi connectivity index (χ1v) is 15.6. The van der Waals surface area contributed by atoms with E-state index < -0.39 is 6.04 Å². The molecule has 0 aliphatic carbocycles. The number of carbonyl (C=O) groups is 3. The number of hydrogen-bond donors (Lipinski definition) is 3. The Morgan fingerprint density at radius 3 is 2.43 bits per heavy atom. The van der Waals surface area contributed by atoms with Crippen molar-refractivity contribution in [3.63, 3.8) is 0 Å². The van der Waals surface area contributed by atoms with Crippen molar-refractivity contribution in [2.24, 2.45) is 13.0 Å². The second kappa shape index (κ2) is 15.6. The van der Waals surface area contributed by atoms with Crippen LogP contribution in [0.5, 0.6) is 23.0 Å². The number of fused-ring (bicyclic) bond motifs is 3. The maximum atomic E-state index is 13.5. The summed E-state index contributed by atoms with van der Waals surface area (Å²) < 4.78 is 19.2. The van der Waals surface area contributed by atoms with Gasteiger partial charge in [0.1, 0.15) is 17.5 Å². The van der Waals surface area contributed by atoms with E-state index in [4.69, 9.17) is 14.2 Å². The summed E-state index contributed by atoms with van der Waals surface area (Å²) in [6, 6.07) is 9.56. The Labute approximate surface area is 270 Å². The standard InChI is InChI=1S/C34H46N6O6/c1-21(2)32-34(43)36-18-25-27(44-6)11-10-12-28(25)46-30-17-24(13-14-29(30)45-7)33(42)35-15-8-9-16-40(20-31(41)37-32)19-26-22(3)38-39(5)23(26)4/h10-14,17,21,32H,8-9,15-16,18-20H2,1-7H3,(H,35,42)(H,36,43)(H,37,41)/t32-/m1/s1. The van der Waals surface area contributed by atoms with Crippen molar-refractivity contribution in [1.29, 1.82) is 0 Å². The summed E-state index contributed by atoms with van der Waals surface area (Å²) in [5, 5.41) is 13.5. The van der Waals surface area contributed by atoms with Crippen molar-refractivity contribution in [2.75, 3.05) is 33.9 Å². The first kappa shape index (κ1) is 34.3. The molecule has 0 unspecified atom stereocenters. The molecule has 1 aromatic heterocycles. The van der Waals surface area contributed by atoms with Gasteiger partial charge in [-0.25, -0.2) is 0 Å². The van der Waals surface area contributed by atoms with Crippen LogP contribution in [0.15, 0.2) is 36.4 Å². The Balaban J connectivity index is 1.66. The topological polar surface area (TPSA) is 136 Å². The van der Waals surface area contributed by atoms with E-state index in [2.05, 4.69) is 25.9 Å². The minimum atomic E-state index is -0.757. The van der Waals surface area contributed by atoms with Gasteiger partial charge >= 0.3 is 0 Å². The Kier molecular flexibility index (Phi) is 11.6. The minimum absolute atomic E-state index is 0.0748. The molecule has 3 aromatic rings. The molecule has 0 radical (unpaired) electrons. The van der Waals surface area contributed by atoms with Crippen LogP contribution in [0, 0.1) is 19.8 Å². The van der Waals surface area contributed by atoms with Crippen LogP contribution in [0.1, 0.15) is 59.6 Å². The molecule has 2 heterocycles. The van der Waals surface area contributed by atoms with Crippen LogP contribution in [0.4, 0.5) is 0 Å². The van der Waals surface area contributed by atoms with E-state index in [9.17, 15) is 14.4 Å². The van der Waals surface area contributed by atoms with E-state index in [0.717, 1.165) is 23.4 Å². The summed E-state index contributed by atoms with van der Waals surface area (Å²) in [6.45, 7) is 9.57. The summed E-state index contributed by atoms with van der Waals surface area (Å²) in [6.07, 6.45) is 1.45. The highest BCUT2D eigenvalue weighted by atomic mass is 16.5. The fourth-order valence-electron chi connectivity index (χ4n) is 5.51. The molecular weight excluding hydrogens is 588 g/mol. The van der Waals surface area contributed by atoms with Gasteiger partial charge in [-0.2, -0.15) is 5.10 Å². The summed E-state index contributed by atoms with van der Waals surface area (Å²) in [4.78, 5) is 42.1. The van der Waals surface area contributed by atoms with E-state index in [1.54, 1.807) is 36.4 Å². The molecule has 1 atom stereocenters. The van der Waals surface area contributed by atoms with Gasteiger partial charge in [0.2, 0.25) is 11.8 Å².